The number of anilines is 1. The minimum atomic E-state index is -0.254. The average molecular weight is 417 g/mol. The van der Waals surface area contributed by atoms with Crippen molar-refractivity contribution in [3.8, 4) is 0 Å². The number of carbonyl (C=O) groups excluding carboxylic acids is 1. The fraction of sp³-hybridized carbons (Fsp3) is 0.455. The molecule has 1 aliphatic rings. The van der Waals surface area contributed by atoms with Gasteiger partial charge in [-0.1, -0.05) is 31.2 Å². The Morgan fingerprint density at radius 3 is 2.61 bits per heavy atom. The van der Waals surface area contributed by atoms with Crippen LogP contribution in [0.1, 0.15) is 71.6 Å². The highest BCUT2D eigenvalue weighted by atomic mass is 32.1. The Balaban J connectivity index is 1.74. The van der Waals surface area contributed by atoms with Crippen molar-refractivity contribution in [2.75, 3.05) is 11.9 Å². The molecule has 1 aromatic heterocycles. The van der Waals surface area contributed by atoms with Crippen molar-refractivity contribution in [2.24, 2.45) is 0 Å². The molecule has 1 unspecified atom stereocenters. The van der Waals surface area contributed by atoms with E-state index in [2.05, 4.69) is 48.7 Å². The molecular weight excluding hydrogens is 388 g/mol. The van der Waals surface area contributed by atoms with E-state index in [-0.39, 0.29) is 12.0 Å². The summed E-state index contributed by atoms with van der Waals surface area (Å²) in [5.74, 6) is -0.254. The van der Waals surface area contributed by atoms with Gasteiger partial charge in [0.05, 0.1) is 18.2 Å². The van der Waals surface area contributed by atoms with Crippen molar-refractivity contribution in [3.05, 3.63) is 51.4 Å². The van der Waals surface area contributed by atoms with E-state index in [1.807, 2.05) is 6.92 Å². The lowest BCUT2D eigenvalue weighted by Gasteiger charge is -2.18. The van der Waals surface area contributed by atoms with Crippen LogP contribution in [0.25, 0.3) is 0 Å². The van der Waals surface area contributed by atoms with E-state index in [9.17, 15) is 4.79 Å². The number of esters is 1. The van der Waals surface area contributed by atoms with Crippen LogP contribution in [0.15, 0.2) is 24.3 Å². The van der Waals surface area contributed by atoms with E-state index < -0.39 is 0 Å². The maximum atomic E-state index is 12.6. The average Bonchev–Trinajstić information content (AvgIpc) is 3.05. The summed E-state index contributed by atoms with van der Waals surface area (Å²) in [6.07, 6.45) is 5.27. The Morgan fingerprint density at radius 1 is 1.21 bits per heavy atom. The zero-order valence-corrected chi connectivity index (χ0v) is 18.4. The van der Waals surface area contributed by atoms with Gasteiger partial charge in [0.15, 0.2) is 5.11 Å². The van der Waals surface area contributed by atoms with Crippen LogP contribution in [0.3, 0.4) is 0 Å². The number of thiocarbonyl (C=S) groups is 1. The minimum Gasteiger partial charge on any atom is -0.462 e. The molecule has 6 heteroatoms. The summed E-state index contributed by atoms with van der Waals surface area (Å²) < 4.78 is 5.31. The van der Waals surface area contributed by atoms with E-state index >= 15 is 0 Å². The zero-order valence-electron chi connectivity index (χ0n) is 16.8. The largest absolute Gasteiger partial charge is 0.462 e. The first-order chi connectivity index (χ1) is 13.5. The molecule has 0 fully saturated rings. The number of nitrogens with one attached hydrogen (secondary N) is 2. The lowest BCUT2D eigenvalue weighted by molar-refractivity contribution is 0.0526. The van der Waals surface area contributed by atoms with Gasteiger partial charge in [-0.15, -0.1) is 11.3 Å². The molecule has 3 rings (SSSR count). The summed E-state index contributed by atoms with van der Waals surface area (Å²) in [7, 11) is 0. The van der Waals surface area contributed by atoms with E-state index in [4.69, 9.17) is 17.0 Å². The molecule has 0 amide bonds. The van der Waals surface area contributed by atoms with Crippen molar-refractivity contribution in [1.82, 2.24) is 5.32 Å². The molecule has 0 bridgehead atoms. The first-order valence-electron chi connectivity index (χ1n) is 10.0. The van der Waals surface area contributed by atoms with Gasteiger partial charge in [-0.25, -0.2) is 4.79 Å². The second-order valence-electron chi connectivity index (χ2n) is 7.05. The fourth-order valence-electron chi connectivity index (χ4n) is 3.53. The quantitative estimate of drug-likeness (QED) is 0.487. The third-order valence-corrected chi connectivity index (χ3v) is 6.54. The third kappa shape index (κ3) is 4.73. The van der Waals surface area contributed by atoms with E-state index in [1.165, 1.54) is 22.4 Å². The minimum absolute atomic E-state index is 0.0755. The first kappa shape index (κ1) is 20.8. The number of carbonyl (C=O) groups is 1. The lowest BCUT2D eigenvalue weighted by Crippen LogP contribution is -2.31. The number of benzene rings is 1. The monoisotopic (exact) mass is 416 g/mol. The van der Waals surface area contributed by atoms with Gasteiger partial charge in [0.2, 0.25) is 0 Å². The molecule has 0 radical (unpaired) electrons. The summed E-state index contributed by atoms with van der Waals surface area (Å²) in [4.78, 5) is 13.8. The highest BCUT2D eigenvalue weighted by Crippen LogP contribution is 2.38. The summed E-state index contributed by atoms with van der Waals surface area (Å²) in [5.41, 5.74) is 4.31. The van der Waals surface area contributed by atoms with Gasteiger partial charge < -0.3 is 15.4 Å². The van der Waals surface area contributed by atoms with Crippen LogP contribution in [0, 0.1) is 0 Å². The summed E-state index contributed by atoms with van der Waals surface area (Å²) in [5, 5.41) is 7.93. The number of aryl methyl sites for hydroxylation is 2. The van der Waals surface area contributed by atoms with E-state index in [0.717, 1.165) is 36.2 Å². The van der Waals surface area contributed by atoms with Crippen LogP contribution in [0.5, 0.6) is 0 Å². The molecule has 1 heterocycles. The number of fused-ring (bicyclic) bond motifs is 1. The molecule has 150 valence electrons. The number of hydrogen-bond donors (Lipinski definition) is 2. The zero-order chi connectivity index (χ0) is 20.1. The van der Waals surface area contributed by atoms with Gasteiger partial charge in [0, 0.05) is 4.88 Å². The molecule has 4 nitrogen and oxygen atoms in total. The summed E-state index contributed by atoms with van der Waals surface area (Å²) >= 11 is 7.18. The first-order valence-corrected chi connectivity index (χ1v) is 11.2. The maximum Gasteiger partial charge on any atom is 0.341 e. The summed E-state index contributed by atoms with van der Waals surface area (Å²) in [6.45, 7) is 6.44. The lowest BCUT2D eigenvalue weighted by atomic mass is 9.95. The highest BCUT2D eigenvalue weighted by Gasteiger charge is 2.26. The topological polar surface area (TPSA) is 50.4 Å². The number of thiophene rings is 1. The van der Waals surface area contributed by atoms with Crippen molar-refractivity contribution in [3.63, 3.8) is 0 Å². The van der Waals surface area contributed by atoms with Crippen molar-refractivity contribution < 1.29 is 9.53 Å². The predicted octanol–water partition coefficient (Wildman–Crippen LogP) is 5.41. The van der Waals surface area contributed by atoms with Crippen LogP contribution in [-0.4, -0.2) is 17.7 Å². The molecule has 0 spiro atoms. The Kier molecular flexibility index (Phi) is 7.08. The standard InChI is InChI=1S/C22H28N2O2S2/c1-4-15-10-12-16(13-11-15)14(3)23-22(27)24-20-19(21(25)26-5-2)17-8-6-7-9-18(17)28-20/h10-14H,4-9H2,1-3H3,(H2,23,24,27). The van der Waals surface area contributed by atoms with Crippen LogP contribution in [-0.2, 0) is 24.0 Å². The predicted molar refractivity (Wildman–Crippen MR) is 121 cm³/mol. The van der Waals surface area contributed by atoms with Crippen molar-refractivity contribution >= 4 is 39.6 Å². The Morgan fingerprint density at radius 2 is 1.93 bits per heavy atom. The Bertz CT molecular complexity index is 843. The Hall–Kier alpha value is -1.92. The SMILES string of the molecule is CCOC(=O)c1c(NC(=S)NC(C)c2ccc(CC)cc2)sc2c1CCCC2. The highest BCUT2D eigenvalue weighted by molar-refractivity contribution is 7.80. The third-order valence-electron chi connectivity index (χ3n) is 5.11. The number of hydrogen-bond acceptors (Lipinski definition) is 4. The maximum absolute atomic E-state index is 12.6. The molecule has 2 aromatic rings. The van der Waals surface area contributed by atoms with Gasteiger partial charge in [0.25, 0.3) is 0 Å². The molecule has 0 saturated heterocycles. The molecular formula is C22H28N2O2S2. The smallest absolute Gasteiger partial charge is 0.341 e. The molecule has 28 heavy (non-hydrogen) atoms. The summed E-state index contributed by atoms with van der Waals surface area (Å²) in [6, 6.07) is 8.64. The normalized spacial score (nSPS) is 14.1. The second-order valence-corrected chi connectivity index (χ2v) is 8.56. The van der Waals surface area contributed by atoms with E-state index in [1.54, 1.807) is 11.3 Å². The van der Waals surface area contributed by atoms with Crippen LogP contribution < -0.4 is 10.6 Å². The molecule has 0 aliphatic heterocycles. The van der Waals surface area contributed by atoms with Gasteiger partial charge >= 0.3 is 5.97 Å². The number of ether oxygens (including phenoxy) is 1. The van der Waals surface area contributed by atoms with Gasteiger partial charge in [-0.3, -0.25) is 0 Å². The van der Waals surface area contributed by atoms with Crippen LogP contribution in [0.2, 0.25) is 0 Å². The molecule has 1 aromatic carbocycles. The Labute approximate surface area is 176 Å². The second kappa shape index (κ2) is 9.52. The molecule has 2 N–H and O–H groups in total. The van der Waals surface area contributed by atoms with Crippen molar-refractivity contribution in [1.29, 1.82) is 0 Å². The van der Waals surface area contributed by atoms with Crippen LogP contribution >= 0.6 is 23.6 Å². The number of rotatable bonds is 6. The van der Waals surface area contributed by atoms with Crippen LogP contribution in [0.4, 0.5) is 5.00 Å². The van der Waals surface area contributed by atoms with Gasteiger partial charge in [-0.2, -0.15) is 0 Å². The molecule has 0 saturated carbocycles. The van der Waals surface area contributed by atoms with E-state index in [0.29, 0.717) is 17.3 Å². The fourth-order valence-corrected chi connectivity index (χ4v) is 5.16. The molecule has 1 atom stereocenters. The van der Waals surface area contributed by atoms with Gasteiger partial charge in [-0.05, 0) is 74.9 Å². The van der Waals surface area contributed by atoms with Crippen molar-refractivity contribution in [2.45, 2.75) is 58.9 Å². The molecule has 1 aliphatic carbocycles. The van der Waals surface area contributed by atoms with Gasteiger partial charge in [0.1, 0.15) is 5.00 Å².